The van der Waals surface area contributed by atoms with Gasteiger partial charge in [0.05, 0.1) is 0 Å². The highest BCUT2D eigenvalue weighted by atomic mass is 16.2. The second kappa shape index (κ2) is 6.89. The summed E-state index contributed by atoms with van der Waals surface area (Å²) in [4.78, 5) is 26.1. The molecule has 4 heteroatoms. The molecule has 1 aliphatic rings. The van der Waals surface area contributed by atoms with E-state index in [9.17, 15) is 9.59 Å². The van der Waals surface area contributed by atoms with Crippen molar-refractivity contribution in [1.82, 2.24) is 10.2 Å². The number of rotatable bonds is 4. The third-order valence-corrected chi connectivity index (χ3v) is 3.42. The van der Waals surface area contributed by atoms with Crippen LogP contribution in [0.1, 0.15) is 40.0 Å². The zero-order valence-electron chi connectivity index (χ0n) is 11.6. The Morgan fingerprint density at radius 3 is 2.60 bits per heavy atom. The molecule has 0 radical (unpaired) electrons. The largest absolute Gasteiger partial charge is 0.349 e. The number of nitrogens with one attached hydrogen (secondary N) is 1. The molecule has 0 aliphatic carbocycles. The van der Waals surface area contributed by atoms with Crippen LogP contribution in [0.3, 0.4) is 0 Å². The van der Waals surface area contributed by atoms with Crippen molar-refractivity contribution < 1.29 is 9.59 Å². The minimum atomic E-state index is -0.182. The molecule has 20 heavy (non-hydrogen) atoms. The van der Waals surface area contributed by atoms with Crippen LogP contribution in [0.4, 0.5) is 0 Å². The van der Waals surface area contributed by atoms with Crippen LogP contribution in [-0.4, -0.2) is 36.3 Å². The van der Waals surface area contributed by atoms with Crippen LogP contribution < -0.4 is 5.32 Å². The summed E-state index contributed by atoms with van der Waals surface area (Å²) in [6.07, 6.45) is 4.94. The van der Waals surface area contributed by atoms with E-state index in [1.54, 1.807) is 30.3 Å². The predicted molar refractivity (Wildman–Crippen MR) is 78.7 cm³/mol. The summed E-state index contributed by atoms with van der Waals surface area (Å²) in [6, 6.07) is 6.89. The predicted octanol–water partition coefficient (Wildman–Crippen LogP) is 2.23. The van der Waals surface area contributed by atoms with E-state index in [1.807, 2.05) is 4.90 Å². The Kier molecular flexibility index (Phi) is 4.93. The van der Waals surface area contributed by atoms with Gasteiger partial charge in [-0.15, -0.1) is 6.58 Å². The summed E-state index contributed by atoms with van der Waals surface area (Å²) in [5.41, 5.74) is 1.09. The Bertz CT molecular complexity index is 505. The monoisotopic (exact) mass is 272 g/mol. The van der Waals surface area contributed by atoms with Gasteiger partial charge in [0.1, 0.15) is 0 Å². The number of carbonyl (C=O) groups excluding carboxylic acids is 2. The van der Waals surface area contributed by atoms with Gasteiger partial charge in [0.15, 0.2) is 0 Å². The van der Waals surface area contributed by atoms with Crippen LogP contribution >= 0.6 is 0 Å². The van der Waals surface area contributed by atoms with Crippen molar-refractivity contribution in [3.63, 3.8) is 0 Å². The first-order chi connectivity index (χ1) is 9.72. The van der Waals surface area contributed by atoms with Gasteiger partial charge in [-0.1, -0.05) is 12.1 Å². The summed E-state index contributed by atoms with van der Waals surface area (Å²) >= 11 is 0. The summed E-state index contributed by atoms with van der Waals surface area (Å²) < 4.78 is 0. The summed E-state index contributed by atoms with van der Waals surface area (Å²) in [5, 5.41) is 2.71. The van der Waals surface area contributed by atoms with E-state index < -0.39 is 0 Å². The molecule has 0 bridgehead atoms. The molecule has 1 aromatic rings. The molecule has 106 valence electrons. The lowest BCUT2D eigenvalue weighted by atomic mass is 10.1. The quantitative estimate of drug-likeness (QED) is 0.854. The average Bonchev–Trinajstić information content (AvgIpc) is 2.52. The van der Waals surface area contributed by atoms with Crippen molar-refractivity contribution in [1.29, 1.82) is 0 Å². The fourth-order valence-electron chi connectivity index (χ4n) is 2.34. The number of hydrogen-bond donors (Lipinski definition) is 1. The van der Waals surface area contributed by atoms with E-state index in [1.165, 1.54) is 6.42 Å². The van der Waals surface area contributed by atoms with Gasteiger partial charge >= 0.3 is 0 Å². The normalized spacial score (nSPS) is 14.7. The number of amides is 2. The number of piperidine rings is 1. The first-order valence-electron chi connectivity index (χ1n) is 7.01. The minimum absolute atomic E-state index is 0.0167. The summed E-state index contributed by atoms with van der Waals surface area (Å²) in [5.74, 6) is -0.165. The smallest absolute Gasteiger partial charge is 0.253 e. The Labute approximate surface area is 119 Å². The Balaban J connectivity index is 2.10. The third-order valence-electron chi connectivity index (χ3n) is 3.42. The standard InChI is InChI=1S/C16H20N2O2/c1-2-9-17-15(19)13-7-6-8-14(12-13)16(20)18-10-4-3-5-11-18/h2,6-8,12H,1,3-5,9-11H2,(H,17,19). The van der Waals surface area contributed by atoms with Crippen LogP contribution in [0.15, 0.2) is 36.9 Å². The summed E-state index contributed by atoms with van der Waals surface area (Å²) in [7, 11) is 0. The lowest BCUT2D eigenvalue weighted by Gasteiger charge is -2.26. The number of benzene rings is 1. The van der Waals surface area contributed by atoms with Crippen molar-refractivity contribution >= 4 is 11.8 Å². The maximum atomic E-state index is 12.4. The molecule has 1 aliphatic heterocycles. The van der Waals surface area contributed by atoms with Gasteiger partial charge in [0.25, 0.3) is 11.8 Å². The van der Waals surface area contributed by atoms with Gasteiger partial charge in [-0.05, 0) is 37.5 Å². The highest BCUT2D eigenvalue weighted by molar-refractivity contribution is 5.99. The highest BCUT2D eigenvalue weighted by Crippen LogP contribution is 2.14. The van der Waals surface area contributed by atoms with Crippen LogP contribution in [0, 0.1) is 0 Å². The van der Waals surface area contributed by atoms with Crippen molar-refractivity contribution in [3.8, 4) is 0 Å². The number of hydrogen-bond acceptors (Lipinski definition) is 2. The molecule has 1 saturated heterocycles. The van der Waals surface area contributed by atoms with E-state index in [4.69, 9.17) is 0 Å². The first kappa shape index (κ1) is 14.3. The lowest BCUT2D eigenvalue weighted by Crippen LogP contribution is -2.35. The van der Waals surface area contributed by atoms with Crippen LogP contribution in [0.25, 0.3) is 0 Å². The molecular formula is C16H20N2O2. The van der Waals surface area contributed by atoms with Crippen molar-refractivity contribution in [2.75, 3.05) is 19.6 Å². The molecule has 1 N–H and O–H groups in total. The van der Waals surface area contributed by atoms with Gasteiger partial charge in [0, 0.05) is 30.8 Å². The van der Waals surface area contributed by atoms with Gasteiger partial charge in [0.2, 0.25) is 0 Å². The van der Waals surface area contributed by atoms with Gasteiger partial charge in [-0.2, -0.15) is 0 Å². The molecule has 2 rings (SSSR count). The molecular weight excluding hydrogens is 252 g/mol. The average molecular weight is 272 g/mol. The van der Waals surface area contributed by atoms with Gasteiger partial charge < -0.3 is 10.2 Å². The minimum Gasteiger partial charge on any atom is -0.349 e. The molecule has 1 fully saturated rings. The zero-order chi connectivity index (χ0) is 14.4. The highest BCUT2D eigenvalue weighted by Gasteiger charge is 2.18. The molecule has 0 unspecified atom stereocenters. The van der Waals surface area contributed by atoms with Crippen LogP contribution in [-0.2, 0) is 0 Å². The Morgan fingerprint density at radius 2 is 1.90 bits per heavy atom. The molecule has 0 aromatic heterocycles. The maximum Gasteiger partial charge on any atom is 0.253 e. The number of likely N-dealkylation sites (tertiary alicyclic amines) is 1. The molecule has 0 saturated carbocycles. The molecule has 0 atom stereocenters. The fraction of sp³-hybridized carbons (Fsp3) is 0.375. The Hall–Kier alpha value is -2.10. The number of nitrogens with zero attached hydrogens (tertiary/aromatic N) is 1. The Morgan fingerprint density at radius 1 is 1.20 bits per heavy atom. The van der Waals surface area contributed by atoms with E-state index in [0.717, 1.165) is 25.9 Å². The molecule has 0 spiro atoms. The third kappa shape index (κ3) is 3.47. The SMILES string of the molecule is C=CCNC(=O)c1cccc(C(=O)N2CCCCC2)c1. The van der Waals surface area contributed by atoms with Crippen molar-refractivity contribution in [2.45, 2.75) is 19.3 Å². The maximum absolute atomic E-state index is 12.4. The summed E-state index contributed by atoms with van der Waals surface area (Å²) in [6.45, 7) is 5.60. The van der Waals surface area contributed by atoms with Gasteiger partial charge in [-0.25, -0.2) is 0 Å². The second-order valence-corrected chi connectivity index (χ2v) is 4.93. The molecule has 1 aromatic carbocycles. The number of carbonyl (C=O) groups is 2. The topological polar surface area (TPSA) is 49.4 Å². The van der Waals surface area contributed by atoms with E-state index in [-0.39, 0.29) is 11.8 Å². The van der Waals surface area contributed by atoms with Crippen molar-refractivity contribution in [2.24, 2.45) is 0 Å². The van der Waals surface area contributed by atoms with Crippen LogP contribution in [0.5, 0.6) is 0 Å². The second-order valence-electron chi connectivity index (χ2n) is 4.93. The first-order valence-corrected chi connectivity index (χ1v) is 7.01. The van der Waals surface area contributed by atoms with E-state index >= 15 is 0 Å². The molecule has 2 amide bonds. The van der Waals surface area contributed by atoms with Gasteiger partial charge in [-0.3, -0.25) is 9.59 Å². The molecule has 1 heterocycles. The van der Waals surface area contributed by atoms with E-state index in [0.29, 0.717) is 17.7 Å². The van der Waals surface area contributed by atoms with E-state index in [2.05, 4.69) is 11.9 Å². The molecule has 4 nitrogen and oxygen atoms in total. The lowest BCUT2D eigenvalue weighted by molar-refractivity contribution is 0.0724. The fourth-order valence-corrected chi connectivity index (χ4v) is 2.34. The van der Waals surface area contributed by atoms with Crippen molar-refractivity contribution in [3.05, 3.63) is 48.0 Å². The van der Waals surface area contributed by atoms with Crippen LogP contribution in [0.2, 0.25) is 0 Å². The zero-order valence-corrected chi connectivity index (χ0v) is 11.6.